The summed E-state index contributed by atoms with van der Waals surface area (Å²) in [5.41, 5.74) is 0.636. The third kappa shape index (κ3) is 4.64. The lowest BCUT2D eigenvalue weighted by Crippen LogP contribution is -2.42. The summed E-state index contributed by atoms with van der Waals surface area (Å²) in [4.78, 5) is 14.8. The molecule has 2 fully saturated rings. The predicted molar refractivity (Wildman–Crippen MR) is 103 cm³/mol. The number of nitrogens with one attached hydrogen (secondary N) is 1. The van der Waals surface area contributed by atoms with Crippen LogP contribution in [0.4, 0.5) is 5.69 Å². The quantitative estimate of drug-likeness (QED) is 0.854. The molecule has 7 heteroatoms. The van der Waals surface area contributed by atoms with Gasteiger partial charge in [0, 0.05) is 24.8 Å². The van der Waals surface area contributed by atoms with Crippen molar-refractivity contribution in [3.63, 3.8) is 0 Å². The van der Waals surface area contributed by atoms with Crippen LogP contribution in [0.1, 0.15) is 45.4 Å². The van der Waals surface area contributed by atoms with Gasteiger partial charge < -0.3 is 5.32 Å². The van der Waals surface area contributed by atoms with Crippen LogP contribution in [-0.2, 0) is 14.8 Å². The zero-order chi connectivity index (χ0) is 18.6. The third-order valence-corrected chi connectivity index (χ3v) is 7.29. The number of hydrogen-bond donors (Lipinski definition) is 1. The number of anilines is 1. The maximum absolute atomic E-state index is 12.7. The van der Waals surface area contributed by atoms with Gasteiger partial charge in [0.25, 0.3) is 0 Å². The van der Waals surface area contributed by atoms with Gasteiger partial charge in [-0.15, -0.1) is 0 Å². The van der Waals surface area contributed by atoms with Crippen LogP contribution in [0.15, 0.2) is 29.2 Å². The van der Waals surface area contributed by atoms with E-state index in [1.54, 1.807) is 28.6 Å². The maximum atomic E-state index is 12.7. The maximum Gasteiger partial charge on any atom is 0.243 e. The van der Waals surface area contributed by atoms with Crippen molar-refractivity contribution in [2.45, 2.75) is 56.4 Å². The van der Waals surface area contributed by atoms with Crippen LogP contribution >= 0.6 is 0 Å². The summed E-state index contributed by atoms with van der Waals surface area (Å²) in [6.45, 7) is 4.69. The normalized spacial score (nSPS) is 22.9. The molecule has 2 aliphatic heterocycles. The van der Waals surface area contributed by atoms with Crippen LogP contribution in [0.2, 0.25) is 0 Å². The van der Waals surface area contributed by atoms with E-state index in [1.807, 2.05) is 0 Å². The highest BCUT2D eigenvalue weighted by Crippen LogP contribution is 2.22. The first-order valence-corrected chi connectivity index (χ1v) is 11.0. The lowest BCUT2D eigenvalue weighted by Gasteiger charge is -2.32. The molecule has 1 aromatic carbocycles. The lowest BCUT2D eigenvalue weighted by molar-refractivity contribution is -0.118. The summed E-state index contributed by atoms with van der Waals surface area (Å²) >= 11 is 0. The molecule has 0 spiro atoms. The van der Waals surface area contributed by atoms with Crippen LogP contribution in [0.25, 0.3) is 0 Å². The molecule has 1 atom stereocenters. The highest BCUT2D eigenvalue weighted by atomic mass is 32.2. The molecule has 1 aromatic rings. The molecule has 2 aliphatic rings. The number of likely N-dealkylation sites (tertiary alicyclic amines) is 1. The van der Waals surface area contributed by atoms with Gasteiger partial charge in [0.15, 0.2) is 0 Å². The van der Waals surface area contributed by atoms with Gasteiger partial charge in [-0.05, 0) is 63.4 Å². The standard InChI is InChI=1S/C19H29N3O3S/c1-16-7-3-6-12-21(16)15-19(23)20-17-8-10-18(11-9-17)26(24,25)22-13-4-2-5-14-22/h8-11,16H,2-7,12-15H2,1H3,(H,20,23)/t16-/m0/s1. The van der Waals surface area contributed by atoms with E-state index in [-0.39, 0.29) is 5.91 Å². The number of carbonyl (C=O) groups is 1. The summed E-state index contributed by atoms with van der Waals surface area (Å²) in [5, 5.41) is 2.88. The molecule has 0 saturated carbocycles. The first-order valence-electron chi connectivity index (χ1n) is 9.61. The van der Waals surface area contributed by atoms with E-state index in [0.29, 0.717) is 36.3 Å². The van der Waals surface area contributed by atoms with E-state index in [0.717, 1.165) is 38.6 Å². The summed E-state index contributed by atoms with van der Waals surface area (Å²) < 4.78 is 26.9. The van der Waals surface area contributed by atoms with Gasteiger partial charge >= 0.3 is 0 Å². The second-order valence-electron chi connectivity index (χ2n) is 7.35. The Morgan fingerprint density at radius 2 is 1.69 bits per heavy atom. The fourth-order valence-corrected chi connectivity index (χ4v) is 5.26. The predicted octanol–water partition coefficient (Wildman–Crippen LogP) is 2.67. The zero-order valence-electron chi connectivity index (χ0n) is 15.5. The number of benzene rings is 1. The smallest absolute Gasteiger partial charge is 0.243 e. The number of piperidine rings is 2. The fourth-order valence-electron chi connectivity index (χ4n) is 3.74. The summed E-state index contributed by atoms with van der Waals surface area (Å²) in [7, 11) is -3.42. The van der Waals surface area contributed by atoms with Crippen molar-refractivity contribution in [3.8, 4) is 0 Å². The Kier molecular flexibility index (Phi) is 6.32. The minimum Gasteiger partial charge on any atom is -0.325 e. The Hall–Kier alpha value is -1.44. The molecular formula is C19H29N3O3S. The SMILES string of the molecule is C[C@H]1CCCCN1CC(=O)Nc1ccc(S(=O)(=O)N2CCCCC2)cc1. The van der Waals surface area contributed by atoms with Gasteiger partial charge in [-0.2, -0.15) is 4.31 Å². The molecule has 2 heterocycles. The van der Waals surface area contributed by atoms with Crippen molar-refractivity contribution in [1.82, 2.24) is 9.21 Å². The van der Waals surface area contributed by atoms with E-state index < -0.39 is 10.0 Å². The van der Waals surface area contributed by atoms with Crippen molar-refractivity contribution in [2.24, 2.45) is 0 Å². The number of rotatable bonds is 5. The monoisotopic (exact) mass is 379 g/mol. The molecule has 1 amide bonds. The Bertz CT molecular complexity index is 712. The first kappa shape index (κ1) is 19.3. The number of nitrogens with zero attached hydrogens (tertiary/aromatic N) is 2. The second-order valence-corrected chi connectivity index (χ2v) is 9.29. The minimum atomic E-state index is -3.42. The summed E-state index contributed by atoms with van der Waals surface area (Å²) in [6, 6.07) is 6.96. The molecule has 3 rings (SSSR count). The van der Waals surface area contributed by atoms with Crippen molar-refractivity contribution in [3.05, 3.63) is 24.3 Å². The zero-order valence-corrected chi connectivity index (χ0v) is 16.3. The summed E-state index contributed by atoms with van der Waals surface area (Å²) in [6.07, 6.45) is 6.43. The van der Waals surface area contributed by atoms with Crippen LogP contribution in [-0.4, -0.2) is 55.8 Å². The Balaban J connectivity index is 1.59. The Labute approximate surface area is 156 Å². The van der Waals surface area contributed by atoms with Gasteiger partial charge in [0.1, 0.15) is 0 Å². The Morgan fingerprint density at radius 3 is 2.35 bits per heavy atom. The van der Waals surface area contributed by atoms with Crippen molar-refractivity contribution in [1.29, 1.82) is 0 Å². The first-order chi connectivity index (χ1) is 12.5. The second kappa shape index (κ2) is 8.50. The topological polar surface area (TPSA) is 69.7 Å². The average Bonchev–Trinajstić information content (AvgIpc) is 2.65. The molecule has 0 unspecified atom stereocenters. The van der Waals surface area contributed by atoms with Gasteiger partial charge in [-0.25, -0.2) is 8.42 Å². The average molecular weight is 380 g/mol. The molecule has 6 nitrogen and oxygen atoms in total. The summed E-state index contributed by atoms with van der Waals surface area (Å²) in [5.74, 6) is -0.0506. The van der Waals surface area contributed by atoms with E-state index >= 15 is 0 Å². The third-order valence-electron chi connectivity index (χ3n) is 5.38. The molecule has 144 valence electrons. The van der Waals surface area contributed by atoms with Crippen LogP contribution in [0.5, 0.6) is 0 Å². The molecule has 0 aliphatic carbocycles. The van der Waals surface area contributed by atoms with Gasteiger partial charge in [0.2, 0.25) is 15.9 Å². The molecular weight excluding hydrogens is 350 g/mol. The van der Waals surface area contributed by atoms with Gasteiger partial charge in [-0.1, -0.05) is 12.8 Å². The fraction of sp³-hybridized carbons (Fsp3) is 0.632. The molecule has 0 aromatic heterocycles. The highest BCUT2D eigenvalue weighted by Gasteiger charge is 2.26. The minimum absolute atomic E-state index is 0.0506. The Morgan fingerprint density at radius 1 is 1.04 bits per heavy atom. The van der Waals surface area contributed by atoms with Crippen molar-refractivity contribution >= 4 is 21.6 Å². The van der Waals surface area contributed by atoms with E-state index in [9.17, 15) is 13.2 Å². The molecule has 0 bridgehead atoms. The number of carbonyl (C=O) groups excluding carboxylic acids is 1. The van der Waals surface area contributed by atoms with Crippen LogP contribution in [0.3, 0.4) is 0 Å². The van der Waals surface area contributed by atoms with E-state index in [2.05, 4.69) is 17.1 Å². The van der Waals surface area contributed by atoms with Crippen LogP contribution in [0, 0.1) is 0 Å². The van der Waals surface area contributed by atoms with E-state index in [1.165, 1.54) is 6.42 Å². The molecule has 0 radical (unpaired) electrons. The van der Waals surface area contributed by atoms with Crippen molar-refractivity contribution < 1.29 is 13.2 Å². The van der Waals surface area contributed by atoms with Crippen LogP contribution < -0.4 is 5.32 Å². The number of sulfonamides is 1. The largest absolute Gasteiger partial charge is 0.325 e. The number of hydrogen-bond acceptors (Lipinski definition) is 4. The molecule has 1 N–H and O–H groups in total. The van der Waals surface area contributed by atoms with Gasteiger partial charge in [0.05, 0.1) is 11.4 Å². The molecule has 2 saturated heterocycles. The number of amides is 1. The van der Waals surface area contributed by atoms with E-state index in [4.69, 9.17) is 0 Å². The van der Waals surface area contributed by atoms with Crippen molar-refractivity contribution in [2.75, 3.05) is 31.5 Å². The lowest BCUT2D eigenvalue weighted by atomic mass is 10.0. The van der Waals surface area contributed by atoms with Gasteiger partial charge in [-0.3, -0.25) is 9.69 Å². The molecule has 26 heavy (non-hydrogen) atoms. The highest BCUT2D eigenvalue weighted by molar-refractivity contribution is 7.89.